The lowest BCUT2D eigenvalue weighted by molar-refractivity contribution is 0.258. The predicted octanol–water partition coefficient (Wildman–Crippen LogP) is 4.20. The van der Waals surface area contributed by atoms with Gasteiger partial charge in [-0.3, -0.25) is 4.90 Å². The van der Waals surface area contributed by atoms with E-state index < -0.39 is 0 Å². The zero-order valence-corrected chi connectivity index (χ0v) is 15.3. The average Bonchev–Trinajstić information content (AvgIpc) is 3.11. The minimum absolute atomic E-state index is 0.285. The van der Waals surface area contributed by atoms with Crippen LogP contribution in [-0.2, 0) is 0 Å². The maximum absolute atomic E-state index is 9.54. The van der Waals surface area contributed by atoms with Crippen LogP contribution in [-0.4, -0.2) is 47.7 Å². The van der Waals surface area contributed by atoms with Crippen LogP contribution < -0.4 is 4.90 Å². The monoisotopic (exact) mass is 353 g/mol. The molecule has 2 aromatic heterocycles. The van der Waals surface area contributed by atoms with Crippen LogP contribution in [0, 0.1) is 0 Å². The molecule has 1 fully saturated rings. The number of thiophene rings is 1. The van der Waals surface area contributed by atoms with Gasteiger partial charge in [0.1, 0.15) is 11.6 Å². The fraction of sp³-hybridized carbons (Fsp3) is 0.350. The summed E-state index contributed by atoms with van der Waals surface area (Å²) in [6.07, 6.45) is 1.21. The summed E-state index contributed by atoms with van der Waals surface area (Å²) >= 11 is 1.76. The van der Waals surface area contributed by atoms with E-state index in [9.17, 15) is 5.11 Å². The number of aromatic hydroxyl groups is 1. The van der Waals surface area contributed by atoms with Gasteiger partial charge in [0.2, 0.25) is 0 Å². The third kappa shape index (κ3) is 3.34. The van der Waals surface area contributed by atoms with E-state index in [-0.39, 0.29) is 5.75 Å². The van der Waals surface area contributed by atoms with E-state index in [4.69, 9.17) is 4.98 Å². The second-order valence-electron chi connectivity index (χ2n) is 6.54. The molecule has 0 saturated carbocycles. The number of piperazine rings is 1. The SMILES string of the molecule is CCCN1CCN(c2nc(-c3ccc(O)cc3)cc3sccc23)CC1. The number of phenolic OH excluding ortho intramolecular Hbond substituents is 1. The minimum Gasteiger partial charge on any atom is -0.508 e. The molecule has 4 rings (SSSR count). The van der Waals surface area contributed by atoms with Crippen molar-refractivity contribution in [2.24, 2.45) is 0 Å². The lowest BCUT2D eigenvalue weighted by Gasteiger charge is -2.35. The van der Waals surface area contributed by atoms with Crippen molar-refractivity contribution < 1.29 is 5.11 Å². The first kappa shape index (κ1) is 16.4. The summed E-state index contributed by atoms with van der Waals surface area (Å²) in [5.41, 5.74) is 2.01. The highest BCUT2D eigenvalue weighted by molar-refractivity contribution is 7.17. The van der Waals surface area contributed by atoms with Crippen LogP contribution in [0.4, 0.5) is 5.82 Å². The second kappa shape index (κ2) is 7.02. The molecular weight excluding hydrogens is 330 g/mol. The van der Waals surface area contributed by atoms with Gasteiger partial charge in [-0.05, 0) is 54.7 Å². The molecule has 0 unspecified atom stereocenters. The van der Waals surface area contributed by atoms with E-state index in [1.807, 2.05) is 12.1 Å². The zero-order chi connectivity index (χ0) is 17.2. The molecule has 25 heavy (non-hydrogen) atoms. The van der Waals surface area contributed by atoms with Crippen LogP contribution in [0.15, 0.2) is 41.8 Å². The van der Waals surface area contributed by atoms with Gasteiger partial charge in [-0.2, -0.15) is 0 Å². The first-order chi connectivity index (χ1) is 12.2. The first-order valence-electron chi connectivity index (χ1n) is 8.89. The molecule has 1 saturated heterocycles. The third-order valence-corrected chi connectivity index (χ3v) is 5.67. The lowest BCUT2D eigenvalue weighted by Crippen LogP contribution is -2.46. The Labute approximate surface area is 152 Å². The van der Waals surface area contributed by atoms with Gasteiger partial charge in [0.25, 0.3) is 0 Å². The van der Waals surface area contributed by atoms with Gasteiger partial charge in [-0.15, -0.1) is 11.3 Å². The van der Waals surface area contributed by atoms with E-state index in [0.29, 0.717) is 0 Å². The molecule has 4 nitrogen and oxygen atoms in total. The summed E-state index contributed by atoms with van der Waals surface area (Å²) < 4.78 is 1.27. The van der Waals surface area contributed by atoms with Gasteiger partial charge in [-0.25, -0.2) is 4.98 Å². The number of hydrogen-bond donors (Lipinski definition) is 1. The normalized spacial score (nSPS) is 15.8. The summed E-state index contributed by atoms with van der Waals surface area (Å²) in [6, 6.07) is 11.6. The fourth-order valence-electron chi connectivity index (χ4n) is 3.47. The number of nitrogens with zero attached hydrogens (tertiary/aromatic N) is 3. The van der Waals surface area contributed by atoms with Gasteiger partial charge in [0, 0.05) is 41.8 Å². The van der Waals surface area contributed by atoms with Gasteiger partial charge in [0.05, 0.1) is 5.69 Å². The first-order valence-corrected chi connectivity index (χ1v) is 9.77. The Morgan fingerprint density at radius 1 is 1.08 bits per heavy atom. The van der Waals surface area contributed by atoms with Gasteiger partial charge in [-0.1, -0.05) is 6.92 Å². The van der Waals surface area contributed by atoms with Crippen molar-refractivity contribution in [1.29, 1.82) is 0 Å². The number of fused-ring (bicyclic) bond motifs is 1. The van der Waals surface area contributed by atoms with E-state index in [0.717, 1.165) is 43.3 Å². The molecule has 0 atom stereocenters. The van der Waals surface area contributed by atoms with Crippen LogP contribution in [0.25, 0.3) is 21.3 Å². The van der Waals surface area contributed by atoms with Gasteiger partial charge < -0.3 is 10.0 Å². The minimum atomic E-state index is 0.285. The number of aromatic nitrogens is 1. The van der Waals surface area contributed by atoms with E-state index >= 15 is 0 Å². The summed E-state index contributed by atoms with van der Waals surface area (Å²) in [7, 11) is 0. The summed E-state index contributed by atoms with van der Waals surface area (Å²) in [6.45, 7) is 7.68. The Balaban J connectivity index is 1.68. The Hall–Kier alpha value is -2.11. The van der Waals surface area contributed by atoms with Crippen molar-refractivity contribution in [3.63, 3.8) is 0 Å². The fourth-order valence-corrected chi connectivity index (χ4v) is 4.29. The topological polar surface area (TPSA) is 39.6 Å². The lowest BCUT2D eigenvalue weighted by atomic mass is 10.1. The smallest absolute Gasteiger partial charge is 0.138 e. The number of rotatable bonds is 4. The Bertz CT molecular complexity index is 851. The van der Waals surface area contributed by atoms with Crippen LogP contribution in [0.1, 0.15) is 13.3 Å². The zero-order valence-electron chi connectivity index (χ0n) is 14.5. The van der Waals surface area contributed by atoms with Crippen LogP contribution in [0.2, 0.25) is 0 Å². The summed E-state index contributed by atoms with van der Waals surface area (Å²) in [4.78, 5) is 9.95. The molecule has 3 heterocycles. The number of hydrogen-bond acceptors (Lipinski definition) is 5. The summed E-state index contributed by atoms with van der Waals surface area (Å²) in [5.74, 6) is 1.38. The molecule has 0 aliphatic carbocycles. The van der Waals surface area contributed by atoms with Crippen molar-refractivity contribution in [1.82, 2.24) is 9.88 Å². The van der Waals surface area contributed by atoms with Crippen molar-refractivity contribution in [2.45, 2.75) is 13.3 Å². The molecule has 1 N–H and O–H groups in total. The highest BCUT2D eigenvalue weighted by Gasteiger charge is 2.20. The van der Waals surface area contributed by atoms with Crippen molar-refractivity contribution >= 4 is 27.2 Å². The van der Waals surface area contributed by atoms with Crippen molar-refractivity contribution in [2.75, 3.05) is 37.6 Å². The largest absolute Gasteiger partial charge is 0.508 e. The van der Waals surface area contributed by atoms with E-state index in [2.05, 4.69) is 34.2 Å². The van der Waals surface area contributed by atoms with Crippen molar-refractivity contribution in [3.8, 4) is 17.0 Å². The molecule has 0 amide bonds. The van der Waals surface area contributed by atoms with E-state index in [1.165, 1.54) is 23.1 Å². The number of pyridine rings is 1. The number of benzene rings is 1. The Morgan fingerprint density at radius 3 is 2.56 bits per heavy atom. The average molecular weight is 353 g/mol. The maximum Gasteiger partial charge on any atom is 0.138 e. The molecule has 130 valence electrons. The molecule has 5 heteroatoms. The predicted molar refractivity (Wildman–Crippen MR) is 106 cm³/mol. The van der Waals surface area contributed by atoms with Gasteiger partial charge in [0.15, 0.2) is 0 Å². The highest BCUT2D eigenvalue weighted by Crippen LogP contribution is 2.34. The van der Waals surface area contributed by atoms with Gasteiger partial charge >= 0.3 is 0 Å². The quantitative estimate of drug-likeness (QED) is 0.763. The number of phenols is 1. The Morgan fingerprint density at radius 2 is 1.84 bits per heavy atom. The van der Waals surface area contributed by atoms with Crippen molar-refractivity contribution in [3.05, 3.63) is 41.8 Å². The van der Waals surface area contributed by atoms with Crippen LogP contribution >= 0.6 is 11.3 Å². The van der Waals surface area contributed by atoms with Crippen LogP contribution in [0.5, 0.6) is 5.75 Å². The molecule has 3 aromatic rings. The molecule has 1 aliphatic rings. The highest BCUT2D eigenvalue weighted by atomic mass is 32.1. The standard InChI is InChI=1S/C20H23N3OS/c1-2-8-22-9-11-23(12-10-22)20-17-7-13-25-19(17)14-18(21-20)15-3-5-16(24)6-4-15/h3-7,13-14,24H,2,8-12H2,1H3. The third-order valence-electron chi connectivity index (χ3n) is 4.80. The molecule has 0 spiro atoms. The molecule has 1 aliphatic heterocycles. The van der Waals surface area contributed by atoms with E-state index in [1.54, 1.807) is 23.5 Å². The molecule has 0 bridgehead atoms. The molecule has 1 aromatic carbocycles. The number of anilines is 1. The Kier molecular flexibility index (Phi) is 4.59. The maximum atomic E-state index is 9.54. The second-order valence-corrected chi connectivity index (χ2v) is 7.49. The summed E-state index contributed by atoms with van der Waals surface area (Å²) in [5, 5.41) is 12.9. The molecule has 0 radical (unpaired) electrons. The molecular formula is C20H23N3OS. The van der Waals surface area contributed by atoms with Crippen LogP contribution in [0.3, 0.4) is 0 Å².